The van der Waals surface area contributed by atoms with Crippen LogP contribution in [-0.2, 0) is 77.9 Å². The van der Waals surface area contributed by atoms with Gasteiger partial charge in [0.1, 0.15) is 0 Å². The quantitative estimate of drug-likeness (QED) is 0.122. The minimum absolute atomic E-state index is 0. The second kappa shape index (κ2) is 16.8. The SMILES string of the molecule is Nc1nc2ccccc2[nH]1.Nc1nc2ccccc2[nH]1.Nc1nc2ccccc2[nH]1.[Cl-].[Ru+3].[Ru+3].[Ru+3].[Ru+3]. The number of rotatable bonds is 0. The maximum Gasteiger partial charge on any atom is 3.00 e. The van der Waals surface area contributed by atoms with Gasteiger partial charge in [0, 0.05) is 0 Å². The number of halogens is 1. The fourth-order valence-corrected chi connectivity index (χ4v) is 2.92. The second-order valence-corrected chi connectivity index (χ2v) is 6.42. The van der Waals surface area contributed by atoms with Crippen LogP contribution in [0.1, 0.15) is 0 Å². The van der Waals surface area contributed by atoms with Crippen molar-refractivity contribution in [2.75, 3.05) is 17.2 Å². The van der Waals surface area contributed by atoms with Crippen molar-refractivity contribution in [1.29, 1.82) is 0 Å². The van der Waals surface area contributed by atoms with Crippen LogP contribution in [0.3, 0.4) is 0 Å². The van der Waals surface area contributed by atoms with Crippen molar-refractivity contribution in [3.8, 4) is 0 Å². The van der Waals surface area contributed by atoms with Crippen LogP contribution in [-0.4, -0.2) is 29.9 Å². The van der Waals surface area contributed by atoms with Crippen LogP contribution < -0.4 is 29.6 Å². The Labute approximate surface area is 259 Å². The van der Waals surface area contributed by atoms with E-state index in [-0.39, 0.29) is 90.3 Å². The molecule has 3 aromatic heterocycles. The van der Waals surface area contributed by atoms with Crippen LogP contribution in [0.2, 0.25) is 0 Å². The van der Waals surface area contributed by atoms with Crippen LogP contribution in [0.15, 0.2) is 72.8 Å². The van der Waals surface area contributed by atoms with Crippen molar-refractivity contribution in [2.45, 2.75) is 0 Å². The van der Waals surface area contributed by atoms with Gasteiger partial charge in [0.15, 0.2) is 17.8 Å². The number of anilines is 3. The van der Waals surface area contributed by atoms with Gasteiger partial charge in [-0.2, -0.15) is 0 Å². The smallest absolute Gasteiger partial charge is 1.00 e. The number of aromatic nitrogens is 6. The first kappa shape index (κ1) is 35.4. The van der Waals surface area contributed by atoms with E-state index >= 15 is 0 Å². The molecule has 9 N–H and O–H groups in total. The zero-order valence-corrected chi connectivity index (χ0v) is 25.5. The summed E-state index contributed by atoms with van der Waals surface area (Å²) in [6, 6.07) is 23.2. The zero-order valence-electron chi connectivity index (χ0n) is 17.8. The van der Waals surface area contributed by atoms with Gasteiger partial charge in [0.2, 0.25) is 0 Å². The summed E-state index contributed by atoms with van der Waals surface area (Å²) in [5.41, 5.74) is 22.0. The molecule has 4 radical (unpaired) electrons. The third-order valence-corrected chi connectivity index (χ3v) is 4.22. The summed E-state index contributed by atoms with van der Waals surface area (Å²) >= 11 is 0. The standard InChI is InChI=1S/3C7H7N3.ClH.4Ru/c3*8-7-9-5-3-1-2-4-6(5)10-7;;;;;/h3*1-4H,(H3,8,9,10);1H;;;;/q;;;;4*+3/p-1. The van der Waals surface area contributed by atoms with Gasteiger partial charge in [-0.15, -0.1) is 0 Å². The molecule has 0 unspecified atom stereocenters. The Kier molecular flexibility index (Phi) is 17.0. The van der Waals surface area contributed by atoms with Gasteiger partial charge in [0.05, 0.1) is 33.1 Å². The molecule has 3 aromatic carbocycles. The molecule has 0 aliphatic rings. The van der Waals surface area contributed by atoms with Crippen molar-refractivity contribution in [2.24, 2.45) is 0 Å². The zero-order chi connectivity index (χ0) is 20.9. The number of benzene rings is 3. The van der Waals surface area contributed by atoms with E-state index in [1.54, 1.807) is 0 Å². The van der Waals surface area contributed by atoms with Crippen LogP contribution in [0.4, 0.5) is 17.8 Å². The van der Waals surface area contributed by atoms with Crippen molar-refractivity contribution in [3.05, 3.63) is 72.8 Å². The summed E-state index contributed by atoms with van der Waals surface area (Å²) in [6.45, 7) is 0. The number of nitrogen functional groups attached to an aromatic ring is 3. The van der Waals surface area contributed by atoms with E-state index in [4.69, 9.17) is 17.2 Å². The fraction of sp³-hybridized carbons (Fsp3) is 0. The molecule has 0 saturated heterocycles. The minimum Gasteiger partial charge on any atom is -1.00 e. The van der Waals surface area contributed by atoms with Crippen molar-refractivity contribution >= 4 is 50.9 Å². The number of hydrogen-bond acceptors (Lipinski definition) is 6. The normalized spacial score (nSPS) is 8.91. The molecule has 35 heavy (non-hydrogen) atoms. The molecule has 178 valence electrons. The molecule has 3 heterocycles. The fourth-order valence-electron chi connectivity index (χ4n) is 2.92. The molecule has 6 aromatic rings. The van der Waals surface area contributed by atoms with E-state index in [1.165, 1.54) is 0 Å². The summed E-state index contributed by atoms with van der Waals surface area (Å²) in [7, 11) is 0. The summed E-state index contributed by atoms with van der Waals surface area (Å²) in [6.07, 6.45) is 0. The molecular formula is C21H21ClN9Ru4+11. The monoisotopic (exact) mass is 842 g/mol. The first-order valence-corrected chi connectivity index (χ1v) is 9.19. The summed E-state index contributed by atoms with van der Waals surface area (Å²) < 4.78 is 0. The third kappa shape index (κ3) is 9.67. The van der Waals surface area contributed by atoms with E-state index < -0.39 is 0 Å². The Balaban J connectivity index is 0. The number of H-pyrrole nitrogens is 3. The molecule has 0 saturated carbocycles. The topological polar surface area (TPSA) is 164 Å². The molecule has 14 heteroatoms. The average molecular weight is 839 g/mol. The van der Waals surface area contributed by atoms with E-state index in [0.29, 0.717) is 17.8 Å². The Morgan fingerprint density at radius 1 is 0.429 bits per heavy atom. The van der Waals surface area contributed by atoms with E-state index in [9.17, 15) is 0 Å². The molecular weight excluding hydrogens is 818 g/mol. The Hall–Kier alpha value is -1.75. The van der Waals surface area contributed by atoms with Gasteiger partial charge >= 0.3 is 77.9 Å². The summed E-state index contributed by atoms with van der Waals surface area (Å²) in [5.74, 6) is 1.42. The first-order chi connectivity index (χ1) is 14.6. The van der Waals surface area contributed by atoms with Gasteiger partial charge in [-0.25, -0.2) is 15.0 Å². The van der Waals surface area contributed by atoms with E-state index in [1.807, 2.05) is 72.8 Å². The molecule has 0 fully saturated rings. The van der Waals surface area contributed by atoms with Gasteiger partial charge in [-0.1, -0.05) is 36.4 Å². The molecule has 0 aliphatic heterocycles. The first-order valence-electron chi connectivity index (χ1n) is 9.19. The van der Waals surface area contributed by atoms with Crippen LogP contribution in [0.5, 0.6) is 0 Å². The van der Waals surface area contributed by atoms with Gasteiger partial charge in [0.25, 0.3) is 0 Å². The Morgan fingerprint density at radius 2 is 0.657 bits per heavy atom. The maximum atomic E-state index is 5.42. The van der Waals surface area contributed by atoms with Gasteiger partial charge < -0.3 is 44.6 Å². The predicted molar refractivity (Wildman–Crippen MR) is 122 cm³/mol. The second-order valence-electron chi connectivity index (χ2n) is 6.42. The number of para-hydroxylation sites is 6. The number of aromatic amines is 3. The Bertz CT molecular complexity index is 1150. The number of imidazole rings is 3. The van der Waals surface area contributed by atoms with Crippen molar-refractivity contribution in [1.82, 2.24) is 29.9 Å². The summed E-state index contributed by atoms with van der Waals surface area (Å²) in [4.78, 5) is 20.9. The van der Waals surface area contributed by atoms with Gasteiger partial charge in [-0.3, -0.25) is 0 Å². The van der Waals surface area contributed by atoms with E-state index in [2.05, 4.69) is 29.9 Å². The number of fused-ring (bicyclic) bond motifs is 3. The van der Waals surface area contributed by atoms with Crippen molar-refractivity contribution < 1.29 is 90.3 Å². The van der Waals surface area contributed by atoms with Gasteiger partial charge in [-0.05, 0) is 36.4 Å². The number of nitrogens with zero attached hydrogens (tertiary/aromatic N) is 3. The Morgan fingerprint density at radius 3 is 0.886 bits per heavy atom. The number of nitrogens with two attached hydrogens (primary N) is 3. The number of nitrogens with one attached hydrogen (secondary N) is 3. The molecule has 6 rings (SSSR count). The largest absolute Gasteiger partial charge is 3.00 e. The summed E-state index contributed by atoms with van der Waals surface area (Å²) in [5, 5.41) is 0. The molecule has 0 amide bonds. The maximum absolute atomic E-state index is 5.42. The molecule has 0 spiro atoms. The molecule has 0 bridgehead atoms. The van der Waals surface area contributed by atoms with Crippen LogP contribution in [0.25, 0.3) is 33.1 Å². The molecule has 9 nitrogen and oxygen atoms in total. The molecule has 0 atom stereocenters. The predicted octanol–water partition coefficient (Wildman–Crippen LogP) is 0.429. The number of hydrogen-bond donors (Lipinski definition) is 6. The van der Waals surface area contributed by atoms with Crippen LogP contribution >= 0.6 is 0 Å². The average Bonchev–Trinajstić information content (AvgIpc) is 3.41. The van der Waals surface area contributed by atoms with Crippen molar-refractivity contribution in [3.63, 3.8) is 0 Å². The van der Waals surface area contributed by atoms with Crippen LogP contribution in [0, 0.1) is 0 Å². The molecule has 0 aliphatic carbocycles. The third-order valence-electron chi connectivity index (χ3n) is 4.22. The van der Waals surface area contributed by atoms with E-state index in [0.717, 1.165) is 33.1 Å². The minimum atomic E-state index is 0.